The van der Waals surface area contributed by atoms with Crippen molar-refractivity contribution >= 4 is 29.8 Å². The minimum Gasteiger partial charge on any atom is -0.406 e. The molecule has 166 valence electrons. The highest BCUT2D eigenvalue weighted by Crippen LogP contribution is 2.26. The molecule has 31 heavy (non-hydrogen) atoms. The molecule has 1 fully saturated rings. The number of nitrogens with one attached hydrogen (secondary N) is 3. The molecule has 0 spiro atoms. The van der Waals surface area contributed by atoms with Crippen LogP contribution in [0.5, 0.6) is 0 Å². The van der Waals surface area contributed by atoms with Gasteiger partial charge in [-0.3, -0.25) is 14.4 Å². The lowest BCUT2D eigenvalue weighted by atomic mass is 9.83. The van der Waals surface area contributed by atoms with Crippen LogP contribution < -0.4 is 10.6 Å². The lowest BCUT2D eigenvalue weighted by Gasteiger charge is -2.32. The Balaban J connectivity index is 1.71. The molecule has 0 saturated heterocycles. The third kappa shape index (κ3) is 6.10. The highest BCUT2D eigenvalue weighted by atomic mass is 32.1. The first-order valence-electron chi connectivity index (χ1n) is 10.6. The van der Waals surface area contributed by atoms with Gasteiger partial charge in [0.25, 0.3) is 16.6 Å². The summed E-state index contributed by atoms with van der Waals surface area (Å²) >= 11 is 4.85. The van der Waals surface area contributed by atoms with E-state index in [2.05, 4.69) is 20.8 Å². The molecule has 0 bridgehead atoms. The molecular formula is C22H28N4O4S. The molecule has 2 aromatic rings. The van der Waals surface area contributed by atoms with Gasteiger partial charge in [-0.1, -0.05) is 44.9 Å². The van der Waals surface area contributed by atoms with Crippen LogP contribution in [-0.4, -0.2) is 39.9 Å². The fourth-order valence-corrected chi connectivity index (χ4v) is 4.05. The number of amides is 2. The van der Waals surface area contributed by atoms with Crippen molar-refractivity contribution < 1.29 is 18.8 Å². The third-order valence-electron chi connectivity index (χ3n) is 5.44. The first-order chi connectivity index (χ1) is 14.8. The molecule has 1 heterocycles. The maximum atomic E-state index is 13.2. The number of carbonyl (C=O) groups is 3. The summed E-state index contributed by atoms with van der Waals surface area (Å²) in [7, 11) is 0. The normalized spacial score (nSPS) is 19.6. The number of nitrogens with zero attached hydrogens (tertiary/aromatic N) is 1. The fraction of sp³-hybridized carbons (Fsp3) is 0.500. The Labute approximate surface area is 186 Å². The Morgan fingerprint density at radius 3 is 2.55 bits per heavy atom. The van der Waals surface area contributed by atoms with Gasteiger partial charge in [-0.05, 0) is 49.5 Å². The zero-order valence-corrected chi connectivity index (χ0v) is 18.5. The summed E-state index contributed by atoms with van der Waals surface area (Å²) in [6.45, 7) is 3.94. The molecule has 0 unspecified atom stereocenters. The van der Waals surface area contributed by atoms with Crippen LogP contribution in [-0.2, 0) is 4.79 Å². The lowest BCUT2D eigenvalue weighted by molar-refractivity contribution is -0.127. The number of aromatic nitrogens is 2. The van der Waals surface area contributed by atoms with Gasteiger partial charge < -0.3 is 15.1 Å². The van der Waals surface area contributed by atoms with Crippen molar-refractivity contribution in [3.8, 4) is 0 Å². The van der Waals surface area contributed by atoms with Crippen molar-refractivity contribution in [1.29, 1.82) is 0 Å². The minimum atomic E-state index is -0.777. The average molecular weight is 445 g/mol. The molecule has 2 amide bonds. The summed E-state index contributed by atoms with van der Waals surface area (Å²) in [6.07, 6.45) is 3.64. The van der Waals surface area contributed by atoms with Crippen LogP contribution in [0, 0.1) is 16.7 Å². The number of ketones is 1. The van der Waals surface area contributed by atoms with Gasteiger partial charge >= 0.3 is 0 Å². The Morgan fingerprint density at radius 1 is 1.19 bits per heavy atom. The Morgan fingerprint density at radius 2 is 1.90 bits per heavy atom. The average Bonchev–Trinajstić information content (AvgIpc) is 3.19. The van der Waals surface area contributed by atoms with Crippen LogP contribution in [0.1, 0.15) is 67.0 Å². The van der Waals surface area contributed by atoms with Crippen LogP contribution in [0.25, 0.3) is 0 Å². The van der Waals surface area contributed by atoms with Crippen molar-refractivity contribution in [2.45, 2.75) is 58.0 Å². The Kier molecular flexibility index (Phi) is 7.73. The van der Waals surface area contributed by atoms with Gasteiger partial charge in [-0.2, -0.15) is 0 Å². The van der Waals surface area contributed by atoms with E-state index in [4.69, 9.17) is 16.6 Å². The molecular weight excluding hydrogens is 416 g/mol. The third-order valence-corrected chi connectivity index (χ3v) is 5.62. The van der Waals surface area contributed by atoms with Crippen molar-refractivity contribution in [1.82, 2.24) is 20.8 Å². The maximum absolute atomic E-state index is 13.2. The molecule has 9 heteroatoms. The SMILES string of the molecule is CC(C)C[C@H](NC(=O)[C@@H]1CCCC[C@@H]1NC(=O)c1ccccc1)C(=O)c1n[nH]c(=S)o1. The minimum absolute atomic E-state index is 0.00828. The first kappa shape index (κ1) is 22.9. The van der Waals surface area contributed by atoms with E-state index in [-0.39, 0.29) is 34.5 Å². The molecule has 3 rings (SSSR count). The molecule has 1 aliphatic rings. The van der Waals surface area contributed by atoms with Crippen LogP contribution >= 0.6 is 12.2 Å². The number of benzene rings is 1. The first-order valence-corrected chi connectivity index (χ1v) is 11.0. The van der Waals surface area contributed by atoms with Gasteiger partial charge in [0.1, 0.15) is 0 Å². The van der Waals surface area contributed by atoms with E-state index >= 15 is 0 Å². The van der Waals surface area contributed by atoms with E-state index in [1.807, 2.05) is 19.9 Å². The Bertz CT molecular complexity index is 969. The van der Waals surface area contributed by atoms with Gasteiger partial charge in [0.2, 0.25) is 11.7 Å². The number of H-pyrrole nitrogens is 1. The molecule has 1 aromatic carbocycles. The molecule has 1 aromatic heterocycles. The topological polar surface area (TPSA) is 117 Å². The van der Waals surface area contributed by atoms with E-state index in [1.54, 1.807) is 24.3 Å². The van der Waals surface area contributed by atoms with Gasteiger partial charge in [0.05, 0.1) is 12.0 Å². The van der Waals surface area contributed by atoms with Gasteiger partial charge in [-0.25, -0.2) is 5.10 Å². The molecule has 1 aliphatic carbocycles. The number of hydrogen-bond donors (Lipinski definition) is 3. The number of hydrogen-bond acceptors (Lipinski definition) is 6. The molecule has 1 saturated carbocycles. The van der Waals surface area contributed by atoms with E-state index in [9.17, 15) is 14.4 Å². The number of carbonyl (C=O) groups excluding carboxylic acids is 3. The fourth-order valence-electron chi connectivity index (χ4n) is 3.92. The van der Waals surface area contributed by atoms with Crippen molar-refractivity contribution in [2.24, 2.45) is 11.8 Å². The number of rotatable bonds is 8. The quantitative estimate of drug-likeness (QED) is 0.424. The summed E-state index contributed by atoms with van der Waals surface area (Å²) in [5.74, 6) is -1.26. The van der Waals surface area contributed by atoms with E-state index < -0.39 is 17.7 Å². The van der Waals surface area contributed by atoms with Crippen molar-refractivity contribution in [3.63, 3.8) is 0 Å². The summed E-state index contributed by atoms with van der Waals surface area (Å²) in [6, 6.07) is 7.87. The van der Waals surface area contributed by atoms with Gasteiger partial charge in [0.15, 0.2) is 0 Å². The highest BCUT2D eigenvalue weighted by molar-refractivity contribution is 7.71. The largest absolute Gasteiger partial charge is 0.406 e. The summed E-state index contributed by atoms with van der Waals surface area (Å²) in [5.41, 5.74) is 0.556. The lowest BCUT2D eigenvalue weighted by Crippen LogP contribution is -2.52. The predicted molar refractivity (Wildman–Crippen MR) is 117 cm³/mol. The summed E-state index contributed by atoms with van der Waals surface area (Å²) in [5, 5.41) is 12.1. The molecule has 0 aliphatic heterocycles. The zero-order chi connectivity index (χ0) is 22.4. The van der Waals surface area contributed by atoms with Crippen LogP contribution in [0.2, 0.25) is 0 Å². The smallest absolute Gasteiger partial charge is 0.284 e. The summed E-state index contributed by atoms with van der Waals surface area (Å²) in [4.78, 5) is 38.6. The molecule has 3 atom stereocenters. The van der Waals surface area contributed by atoms with Crippen molar-refractivity contribution in [3.05, 3.63) is 46.6 Å². The Hall–Kier alpha value is -2.81. The van der Waals surface area contributed by atoms with Crippen LogP contribution in [0.15, 0.2) is 34.7 Å². The van der Waals surface area contributed by atoms with Crippen LogP contribution in [0.3, 0.4) is 0 Å². The van der Waals surface area contributed by atoms with E-state index in [0.29, 0.717) is 24.8 Å². The predicted octanol–water partition coefficient (Wildman–Crippen LogP) is 3.43. The second kappa shape index (κ2) is 10.5. The highest BCUT2D eigenvalue weighted by Gasteiger charge is 2.35. The second-order valence-corrected chi connectivity index (χ2v) is 8.68. The summed E-state index contributed by atoms with van der Waals surface area (Å²) < 4.78 is 5.15. The zero-order valence-electron chi connectivity index (χ0n) is 17.7. The van der Waals surface area contributed by atoms with E-state index in [0.717, 1.165) is 12.8 Å². The molecule has 0 radical (unpaired) electrons. The van der Waals surface area contributed by atoms with Crippen LogP contribution in [0.4, 0.5) is 0 Å². The maximum Gasteiger partial charge on any atom is 0.284 e. The van der Waals surface area contributed by atoms with Gasteiger partial charge in [-0.15, -0.1) is 5.10 Å². The number of aromatic amines is 1. The van der Waals surface area contributed by atoms with Gasteiger partial charge in [0, 0.05) is 11.6 Å². The second-order valence-electron chi connectivity index (χ2n) is 8.31. The van der Waals surface area contributed by atoms with E-state index in [1.165, 1.54) is 0 Å². The molecule has 3 N–H and O–H groups in total. The monoisotopic (exact) mass is 444 g/mol. The number of Topliss-reactive ketones (excluding diaryl/α,β-unsaturated/α-hetero) is 1. The molecule has 8 nitrogen and oxygen atoms in total. The van der Waals surface area contributed by atoms with Crippen molar-refractivity contribution in [2.75, 3.05) is 0 Å². The standard InChI is InChI=1S/C22H28N4O4S/c1-13(2)12-17(18(27)21-25-26-22(31)30-21)24-20(29)15-10-6-7-11-16(15)23-19(28)14-8-4-3-5-9-14/h3-5,8-9,13,15-17H,6-7,10-12H2,1-2H3,(H,23,28)(H,24,29)(H,26,31)/t15-,16+,17+/m1/s1.